The maximum atomic E-state index is 11.7. The molecule has 0 aliphatic carbocycles. The molecule has 1 aromatic heterocycles. The zero-order valence-corrected chi connectivity index (χ0v) is 13.8. The molecule has 0 spiro atoms. The quantitative estimate of drug-likeness (QED) is 0.721. The fourth-order valence-electron chi connectivity index (χ4n) is 1.92. The Hall–Kier alpha value is -1.82. The Morgan fingerprint density at radius 1 is 1.41 bits per heavy atom. The molecule has 0 saturated carbocycles. The first-order valence-electron chi connectivity index (χ1n) is 7.64. The SMILES string of the molecule is CCCC(CNC(=O)OC(C)(C)C)NCc1ccc(O)cn1. The van der Waals surface area contributed by atoms with Crippen molar-refractivity contribution in [3.8, 4) is 5.75 Å². The van der Waals surface area contributed by atoms with E-state index in [9.17, 15) is 9.90 Å². The van der Waals surface area contributed by atoms with Crippen molar-refractivity contribution >= 4 is 6.09 Å². The fourth-order valence-corrected chi connectivity index (χ4v) is 1.92. The van der Waals surface area contributed by atoms with Gasteiger partial charge in [-0.1, -0.05) is 13.3 Å². The summed E-state index contributed by atoms with van der Waals surface area (Å²) in [5, 5.41) is 15.4. The molecule has 1 unspecified atom stereocenters. The van der Waals surface area contributed by atoms with Gasteiger partial charge < -0.3 is 20.5 Å². The van der Waals surface area contributed by atoms with Crippen LogP contribution in [0, 0.1) is 0 Å². The van der Waals surface area contributed by atoms with Crippen molar-refractivity contribution in [1.29, 1.82) is 0 Å². The van der Waals surface area contributed by atoms with Gasteiger partial charge in [0.1, 0.15) is 11.4 Å². The van der Waals surface area contributed by atoms with Crippen LogP contribution in [0.2, 0.25) is 0 Å². The number of pyridine rings is 1. The van der Waals surface area contributed by atoms with Crippen LogP contribution in [0.3, 0.4) is 0 Å². The minimum Gasteiger partial charge on any atom is -0.506 e. The fraction of sp³-hybridized carbons (Fsp3) is 0.625. The second kappa shape index (κ2) is 8.58. The van der Waals surface area contributed by atoms with Crippen molar-refractivity contribution in [2.45, 2.75) is 58.7 Å². The van der Waals surface area contributed by atoms with Crippen molar-refractivity contribution in [3.05, 3.63) is 24.0 Å². The Labute approximate surface area is 132 Å². The maximum Gasteiger partial charge on any atom is 0.407 e. The molecule has 1 amide bonds. The number of amides is 1. The zero-order chi connectivity index (χ0) is 16.6. The highest BCUT2D eigenvalue weighted by Gasteiger charge is 2.17. The van der Waals surface area contributed by atoms with Crippen LogP contribution in [-0.2, 0) is 11.3 Å². The number of aromatic nitrogens is 1. The normalized spacial score (nSPS) is 12.7. The number of carbonyl (C=O) groups excluding carboxylic acids is 1. The molecule has 1 rings (SSSR count). The topological polar surface area (TPSA) is 83.5 Å². The van der Waals surface area contributed by atoms with E-state index in [0.717, 1.165) is 18.5 Å². The molecular formula is C16H27N3O3. The lowest BCUT2D eigenvalue weighted by Gasteiger charge is -2.22. The Bertz CT molecular complexity index is 455. The number of aromatic hydroxyl groups is 1. The molecule has 6 nitrogen and oxygen atoms in total. The van der Waals surface area contributed by atoms with Gasteiger partial charge in [-0.3, -0.25) is 4.98 Å². The van der Waals surface area contributed by atoms with Gasteiger partial charge in [0.15, 0.2) is 0 Å². The molecule has 0 fully saturated rings. The van der Waals surface area contributed by atoms with E-state index in [1.165, 1.54) is 6.20 Å². The molecule has 0 radical (unpaired) electrons. The lowest BCUT2D eigenvalue weighted by molar-refractivity contribution is 0.0521. The smallest absolute Gasteiger partial charge is 0.407 e. The van der Waals surface area contributed by atoms with Gasteiger partial charge in [-0.25, -0.2) is 4.79 Å². The molecule has 1 heterocycles. The van der Waals surface area contributed by atoms with E-state index in [2.05, 4.69) is 22.5 Å². The highest BCUT2D eigenvalue weighted by atomic mass is 16.6. The lowest BCUT2D eigenvalue weighted by atomic mass is 10.1. The van der Waals surface area contributed by atoms with Gasteiger partial charge in [0, 0.05) is 19.1 Å². The van der Waals surface area contributed by atoms with Crippen molar-refractivity contribution in [3.63, 3.8) is 0 Å². The van der Waals surface area contributed by atoms with E-state index in [0.29, 0.717) is 13.1 Å². The van der Waals surface area contributed by atoms with E-state index < -0.39 is 11.7 Å². The van der Waals surface area contributed by atoms with Crippen LogP contribution in [-0.4, -0.2) is 34.4 Å². The summed E-state index contributed by atoms with van der Waals surface area (Å²) in [4.78, 5) is 15.8. The predicted octanol–water partition coefficient (Wildman–Crippen LogP) is 2.57. The van der Waals surface area contributed by atoms with Gasteiger partial charge in [0.25, 0.3) is 0 Å². The van der Waals surface area contributed by atoms with E-state index in [1.807, 2.05) is 20.8 Å². The van der Waals surface area contributed by atoms with Gasteiger partial charge in [-0.15, -0.1) is 0 Å². The first-order chi connectivity index (χ1) is 10.3. The Morgan fingerprint density at radius 3 is 2.68 bits per heavy atom. The van der Waals surface area contributed by atoms with Crippen molar-refractivity contribution in [1.82, 2.24) is 15.6 Å². The van der Waals surface area contributed by atoms with Gasteiger partial charge in [0.05, 0.1) is 11.9 Å². The predicted molar refractivity (Wildman–Crippen MR) is 85.7 cm³/mol. The Kier molecular flexibility index (Phi) is 7.11. The van der Waals surface area contributed by atoms with Crippen LogP contribution in [0.5, 0.6) is 5.75 Å². The van der Waals surface area contributed by atoms with E-state index >= 15 is 0 Å². The molecule has 3 N–H and O–H groups in total. The van der Waals surface area contributed by atoms with Gasteiger partial charge in [0.2, 0.25) is 0 Å². The molecular weight excluding hydrogens is 282 g/mol. The molecule has 0 bridgehead atoms. The molecule has 0 saturated heterocycles. The number of carbonyl (C=O) groups is 1. The van der Waals surface area contributed by atoms with Crippen LogP contribution in [0.1, 0.15) is 46.2 Å². The number of nitrogens with zero attached hydrogens (tertiary/aromatic N) is 1. The second-order valence-electron chi connectivity index (χ2n) is 6.26. The minimum atomic E-state index is -0.492. The number of nitrogens with one attached hydrogen (secondary N) is 2. The van der Waals surface area contributed by atoms with Crippen LogP contribution < -0.4 is 10.6 Å². The summed E-state index contributed by atoms with van der Waals surface area (Å²) in [6, 6.07) is 3.53. The third kappa shape index (κ3) is 7.83. The number of alkyl carbamates (subject to hydrolysis) is 1. The maximum absolute atomic E-state index is 11.7. The summed E-state index contributed by atoms with van der Waals surface area (Å²) < 4.78 is 5.22. The summed E-state index contributed by atoms with van der Waals surface area (Å²) in [5.41, 5.74) is 0.351. The first-order valence-corrected chi connectivity index (χ1v) is 7.64. The number of rotatable bonds is 7. The van der Waals surface area contributed by atoms with Crippen molar-refractivity contribution < 1.29 is 14.6 Å². The average Bonchev–Trinajstić information content (AvgIpc) is 2.42. The summed E-state index contributed by atoms with van der Waals surface area (Å²) in [6.45, 7) is 8.70. The largest absolute Gasteiger partial charge is 0.506 e. The molecule has 0 aliphatic heterocycles. The highest BCUT2D eigenvalue weighted by molar-refractivity contribution is 5.67. The second-order valence-corrected chi connectivity index (χ2v) is 6.26. The molecule has 1 atom stereocenters. The van der Waals surface area contributed by atoms with Crippen molar-refractivity contribution in [2.24, 2.45) is 0 Å². The highest BCUT2D eigenvalue weighted by Crippen LogP contribution is 2.08. The van der Waals surface area contributed by atoms with E-state index in [4.69, 9.17) is 4.74 Å². The summed E-state index contributed by atoms with van der Waals surface area (Å²) in [5.74, 6) is 0.153. The molecule has 0 aliphatic rings. The van der Waals surface area contributed by atoms with Crippen molar-refractivity contribution in [2.75, 3.05) is 6.54 Å². The van der Waals surface area contributed by atoms with E-state index in [1.54, 1.807) is 12.1 Å². The number of hydrogen-bond acceptors (Lipinski definition) is 5. The lowest BCUT2D eigenvalue weighted by Crippen LogP contribution is -2.42. The molecule has 1 aromatic rings. The zero-order valence-electron chi connectivity index (χ0n) is 13.8. The van der Waals surface area contributed by atoms with Crippen LogP contribution >= 0.6 is 0 Å². The third-order valence-electron chi connectivity index (χ3n) is 2.91. The van der Waals surface area contributed by atoms with Gasteiger partial charge in [-0.2, -0.15) is 0 Å². The standard InChI is InChI=1S/C16H27N3O3/c1-5-6-12(10-19-15(21)22-16(2,3)4)17-9-13-7-8-14(20)11-18-13/h7-8,11-12,17,20H,5-6,9-10H2,1-4H3,(H,19,21). The third-order valence-corrected chi connectivity index (χ3v) is 2.91. The number of ether oxygens (including phenoxy) is 1. The monoisotopic (exact) mass is 309 g/mol. The van der Waals surface area contributed by atoms with Gasteiger partial charge in [-0.05, 0) is 39.3 Å². The molecule has 22 heavy (non-hydrogen) atoms. The summed E-state index contributed by atoms with van der Waals surface area (Å²) in [6.07, 6.45) is 2.97. The Morgan fingerprint density at radius 2 is 2.14 bits per heavy atom. The first kappa shape index (κ1) is 18.2. The Balaban J connectivity index is 2.41. The molecule has 6 heteroatoms. The average molecular weight is 309 g/mol. The summed E-state index contributed by atoms with van der Waals surface area (Å²) >= 11 is 0. The number of hydrogen-bond donors (Lipinski definition) is 3. The molecule has 124 valence electrons. The molecule has 0 aromatic carbocycles. The van der Waals surface area contributed by atoms with Gasteiger partial charge >= 0.3 is 6.09 Å². The van der Waals surface area contributed by atoms with Crippen LogP contribution in [0.15, 0.2) is 18.3 Å². The van der Waals surface area contributed by atoms with E-state index in [-0.39, 0.29) is 11.8 Å². The van der Waals surface area contributed by atoms with Crippen LogP contribution in [0.25, 0.3) is 0 Å². The minimum absolute atomic E-state index is 0.146. The summed E-state index contributed by atoms with van der Waals surface area (Å²) in [7, 11) is 0. The van der Waals surface area contributed by atoms with Crippen LogP contribution in [0.4, 0.5) is 4.79 Å².